The van der Waals surface area contributed by atoms with Gasteiger partial charge < -0.3 is 4.84 Å². The van der Waals surface area contributed by atoms with E-state index in [0.29, 0.717) is 10.8 Å². The maximum atomic E-state index is 5.88. The highest BCUT2D eigenvalue weighted by molar-refractivity contribution is 7.19. The Balaban J connectivity index is 1.39. The Labute approximate surface area is 170 Å². The van der Waals surface area contributed by atoms with Crippen LogP contribution in [0, 0.1) is 5.92 Å². The highest BCUT2D eigenvalue weighted by Crippen LogP contribution is 2.38. The Morgan fingerprint density at radius 2 is 2.21 bits per heavy atom. The Hall–Kier alpha value is -2.51. The van der Waals surface area contributed by atoms with Crippen LogP contribution in [0.2, 0.25) is 5.02 Å². The largest absolute Gasteiger partial charge is 0.387 e. The van der Waals surface area contributed by atoms with E-state index in [1.54, 1.807) is 28.4 Å². The molecule has 0 spiro atoms. The lowest BCUT2D eigenvalue weighted by Crippen LogP contribution is -2.08. The van der Waals surface area contributed by atoms with Crippen molar-refractivity contribution < 1.29 is 4.84 Å². The number of aromatic nitrogens is 4. The molecule has 1 aliphatic carbocycles. The standard InChI is InChI=1S/C20H18ClN5OS/c1-12-2-7-15-16(8-12)28-20-18(15)19-24-17(25-26(19)11-22-20)10-27-23-9-13-3-5-14(21)6-4-13/h3-6,9,11-12H,2,7-8,10H2,1H3/b23-9-/t12-/m1/s1. The molecule has 1 atom stereocenters. The molecule has 28 heavy (non-hydrogen) atoms. The van der Waals surface area contributed by atoms with Crippen molar-refractivity contribution in [1.29, 1.82) is 0 Å². The van der Waals surface area contributed by atoms with Gasteiger partial charge in [0.05, 0.1) is 11.6 Å². The zero-order chi connectivity index (χ0) is 19.1. The normalized spacial score (nSPS) is 16.9. The van der Waals surface area contributed by atoms with E-state index in [1.165, 1.54) is 16.9 Å². The second kappa shape index (κ2) is 7.14. The number of hydrogen-bond acceptors (Lipinski definition) is 6. The molecule has 0 fully saturated rings. The number of hydrogen-bond donors (Lipinski definition) is 0. The molecule has 142 valence electrons. The minimum Gasteiger partial charge on any atom is -0.387 e. The fourth-order valence-electron chi connectivity index (χ4n) is 3.59. The summed E-state index contributed by atoms with van der Waals surface area (Å²) < 4.78 is 1.75. The maximum absolute atomic E-state index is 5.88. The van der Waals surface area contributed by atoms with E-state index in [4.69, 9.17) is 21.4 Å². The summed E-state index contributed by atoms with van der Waals surface area (Å²) in [5.74, 6) is 1.32. The van der Waals surface area contributed by atoms with Gasteiger partial charge in [0.15, 0.2) is 18.1 Å². The summed E-state index contributed by atoms with van der Waals surface area (Å²) in [4.78, 5) is 17.2. The van der Waals surface area contributed by atoms with Gasteiger partial charge >= 0.3 is 0 Å². The maximum Gasteiger partial charge on any atom is 0.192 e. The van der Waals surface area contributed by atoms with E-state index in [0.717, 1.165) is 40.2 Å². The molecular weight excluding hydrogens is 394 g/mol. The molecule has 0 aliphatic heterocycles. The van der Waals surface area contributed by atoms with Crippen molar-refractivity contribution in [2.45, 2.75) is 32.8 Å². The van der Waals surface area contributed by atoms with E-state index in [9.17, 15) is 0 Å². The van der Waals surface area contributed by atoms with Gasteiger partial charge in [0, 0.05) is 9.90 Å². The summed E-state index contributed by atoms with van der Waals surface area (Å²) in [6.45, 7) is 2.52. The van der Waals surface area contributed by atoms with Gasteiger partial charge in [0.25, 0.3) is 0 Å². The number of thiophene rings is 1. The molecule has 0 saturated carbocycles. The van der Waals surface area contributed by atoms with E-state index >= 15 is 0 Å². The molecule has 1 aliphatic rings. The predicted octanol–water partition coefficient (Wildman–Crippen LogP) is 4.67. The van der Waals surface area contributed by atoms with E-state index in [-0.39, 0.29) is 6.61 Å². The van der Waals surface area contributed by atoms with Crippen LogP contribution in [0.4, 0.5) is 0 Å². The molecule has 0 bridgehead atoms. The van der Waals surface area contributed by atoms with Crippen molar-refractivity contribution in [1.82, 2.24) is 19.6 Å². The second-order valence-corrected chi connectivity index (χ2v) is 8.65. The molecule has 0 N–H and O–H groups in total. The minimum atomic E-state index is 0.205. The van der Waals surface area contributed by atoms with Crippen molar-refractivity contribution >= 4 is 45.0 Å². The van der Waals surface area contributed by atoms with Crippen LogP contribution < -0.4 is 0 Å². The summed E-state index contributed by atoms with van der Waals surface area (Å²) in [5.41, 5.74) is 3.17. The van der Waals surface area contributed by atoms with Gasteiger partial charge in [-0.3, -0.25) is 0 Å². The van der Waals surface area contributed by atoms with Crippen LogP contribution in [0.3, 0.4) is 0 Å². The monoisotopic (exact) mass is 411 g/mol. The molecule has 6 nitrogen and oxygen atoms in total. The number of benzene rings is 1. The van der Waals surface area contributed by atoms with Crippen LogP contribution in [0.1, 0.15) is 35.2 Å². The van der Waals surface area contributed by atoms with E-state index in [1.807, 2.05) is 24.3 Å². The van der Waals surface area contributed by atoms with Gasteiger partial charge in [0.2, 0.25) is 0 Å². The first kappa shape index (κ1) is 17.6. The SMILES string of the molecule is C[C@@H]1CCc2c(sc3ncn4nc(CO/N=C\c5ccc(Cl)cc5)nc4c23)C1. The molecule has 0 radical (unpaired) electrons. The van der Waals surface area contributed by atoms with Gasteiger partial charge in [-0.2, -0.15) is 0 Å². The average molecular weight is 412 g/mol. The molecule has 3 aromatic heterocycles. The molecule has 0 saturated heterocycles. The topological polar surface area (TPSA) is 64.7 Å². The van der Waals surface area contributed by atoms with Gasteiger partial charge in [-0.05, 0) is 48.4 Å². The van der Waals surface area contributed by atoms with Crippen molar-refractivity contribution in [3.05, 3.63) is 57.4 Å². The summed E-state index contributed by atoms with van der Waals surface area (Å²) in [6.07, 6.45) is 6.80. The average Bonchev–Trinajstić information content (AvgIpc) is 3.26. The Morgan fingerprint density at radius 3 is 3.07 bits per heavy atom. The van der Waals surface area contributed by atoms with E-state index < -0.39 is 0 Å². The van der Waals surface area contributed by atoms with E-state index in [2.05, 4.69) is 22.2 Å². The zero-order valence-electron chi connectivity index (χ0n) is 15.3. The number of rotatable bonds is 4. The number of oxime groups is 1. The van der Waals surface area contributed by atoms with Crippen molar-refractivity contribution in [3.63, 3.8) is 0 Å². The van der Waals surface area contributed by atoms with Crippen LogP contribution in [0.15, 0.2) is 35.7 Å². The lowest BCUT2D eigenvalue weighted by Gasteiger charge is -2.17. The fourth-order valence-corrected chi connectivity index (χ4v) is 5.06. The van der Waals surface area contributed by atoms with Gasteiger partial charge in [-0.25, -0.2) is 14.5 Å². The van der Waals surface area contributed by atoms with Crippen molar-refractivity contribution in [3.8, 4) is 0 Å². The van der Waals surface area contributed by atoms with Gasteiger partial charge in [-0.1, -0.05) is 35.8 Å². The number of halogens is 1. The first-order valence-electron chi connectivity index (χ1n) is 9.23. The summed E-state index contributed by atoms with van der Waals surface area (Å²) in [6, 6.07) is 7.38. The lowest BCUT2D eigenvalue weighted by molar-refractivity contribution is 0.126. The third-order valence-electron chi connectivity index (χ3n) is 5.02. The molecule has 1 aromatic carbocycles. The lowest BCUT2D eigenvalue weighted by atomic mass is 9.89. The quantitative estimate of drug-likeness (QED) is 0.361. The summed E-state index contributed by atoms with van der Waals surface area (Å²) >= 11 is 7.67. The fraction of sp³-hybridized carbons (Fsp3) is 0.300. The molecule has 0 unspecified atom stereocenters. The summed E-state index contributed by atoms with van der Waals surface area (Å²) in [7, 11) is 0. The third kappa shape index (κ3) is 3.25. The van der Waals surface area contributed by atoms with Crippen LogP contribution in [-0.2, 0) is 24.3 Å². The van der Waals surface area contributed by atoms with Gasteiger partial charge in [-0.15, -0.1) is 16.4 Å². The molecule has 3 heterocycles. The Morgan fingerprint density at radius 1 is 1.36 bits per heavy atom. The highest BCUT2D eigenvalue weighted by Gasteiger charge is 2.23. The first-order chi connectivity index (χ1) is 13.7. The molecule has 5 rings (SSSR count). The highest BCUT2D eigenvalue weighted by atomic mass is 35.5. The molecular formula is C20H18ClN5OS. The predicted molar refractivity (Wildman–Crippen MR) is 111 cm³/mol. The van der Waals surface area contributed by atoms with Crippen molar-refractivity contribution in [2.24, 2.45) is 11.1 Å². The van der Waals surface area contributed by atoms with Crippen LogP contribution in [0.25, 0.3) is 15.9 Å². The zero-order valence-corrected chi connectivity index (χ0v) is 16.9. The third-order valence-corrected chi connectivity index (χ3v) is 6.43. The summed E-state index contributed by atoms with van der Waals surface area (Å²) in [5, 5.41) is 10.3. The molecule has 4 aromatic rings. The molecule has 8 heteroatoms. The minimum absolute atomic E-state index is 0.205. The Bertz CT molecular complexity index is 1180. The van der Waals surface area contributed by atoms with Crippen molar-refractivity contribution in [2.75, 3.05) is 0 Å². The number of fused-ring (bicyclic) bond motifs is 5. The number of nitrogens with zero attached hydrogens (tertiary/aromatic N) is 5. The van der Waals surface area contributed by atoms with Crippen LogP contribution >= 0.6 is 22.9 Å². The van der Waals surface area contributed by atoms with Gasteiger partial charge in [0.1, 0.15) is 11.2 Å². The smallest absolute Gasteiger partial charge is 0.192 e. The van der Waals surface area contributed by atoms with Crippen LogP contribution in [-0.4, -0.2) is 25.8 Å². The number of aryl methyl sites for hydroxylation is 1. The molecule has 0 amide bonds. The first-order valence-corrected chi connectivity index (χ1v) is 10.4. The van der Waals surface area contributed by atoms with Crippen LogP contribution in [0.5, 0.6) is 0 Å². The second-order valence-electron chi connectivity index (χ2n) is 7.13. The Kier molecular flexibility index (Phi) is 4.49.